The molecule has 0 aliphatic rings. The minimum Gasteiger partial charge on any atom is -0.309 e. The van der Waals surface area contributed by atoms with Crippen LogP contribution in [0.1, 0.15) is 30.5 Å². The number of H-pyrrole nitrogens is 1. The van der Waals surface area contributed by atoms with E-state index in [9.17, 15) is 4.79 Å². The first kappa shape index (κ1) is 18.4. The Morgan fingerprint density at radius 3 is 2.64 bits per heavy atom. The number of para-hydroxylation sites is 1. The summed E-state index contributed by atoms with van der Waals surface area (Å²) in [6, 6.07) is 15.5. The van der Waals surface area contributed by atoms with Crippen molar-refractivity contribution in [3.8, 4) is 11.4 Å². The molecule has 7 heteroatoms. The maximum absolute atomic E-state index is 12.4. The normalized spacial score (nSPS) is 12.4. The van der Waals surface area contributed by atoms with E-state index in [0.717, 1.165) is 28.7 Å². The number of aromatic nitrogens is 5. The van der Waals surface area contributed by atoms with Gasteiger partial charge in [-0.05, 0) is 38.5 Å². The monoisotopic (exact) mass is 391 g/mol. The fourth-order valence-electron chi connectivity index (χ4n) is 3.19. The van der Waals surface area contributed by atoms with E-state index in [4.69, 9.17) is 0 Å². The highest BCUT2D eigenvalue weighted by Gasteiger charge is 2.19. The summed E-state index contributed by atoms with van der Waals surface area (Å²) in [5, 5.41) is 10.2. The van der Waals surface area contributed by atoms with Crippen molar-refractivity contribution in [1.82, 2.24) is 24.7 Å². The topological polar surface area (TPSA) is 76.5 Å². The molecule has 4 aromatic rings. The minimum atomic E-state index is -0.120. The molecule has 2 aromatic carbocycles. The van der Waals surface area contributed by atoms with Crippen LogP contribution < -0.4 is 5.56 Å². The Kier molecular flexibility index (Phi) is 5.00. The highest BCUT2D eigenvalue weighted by molar-refractivity contribution is 7.99. The third-order valence-corrected chi connectivity index (χ3v) is 5.81. The molecule has 0 saturated carbocycles. The second-order valence-corrected chi connectivity index (χ2v) is 7.90. The smallest absolute Gasteiger partial charge is 0.258 e. The van der Waals surface area contributed by atoms with Crippen LogP contribution in [0.15, 0.2) is 58.5 Å². The molecule has 2 heterocycles. The van der Waals surface area contributed by atoms with Gasteiger partial charge in [0.1, 0.15) is 5.82 Å². The maximum atomic E-state index is 12.4. The number of hydrogen-bond donors (Lipinski definition) is 1. The Balaban J connectivity index is 1.68. The van der Waals surface area contributed by atoms with Crippen molar-refractivity contribution in [2.24, 2.45) is 0 Å². The first-order chi connectivity index (χ1) is 13.6. The molecule has 142 valence electrons. The van der Waals surface area contributed by atoms with Crippen LogP contribution in [0, 0.1) is 6.92 Å². The van der Waals surface area contributed by atoms with Gasteiger partial charge in [-0.1, -0.05) is 48.2 Å². The standard InChI is InChI=1S/C21H21N5OS/c1-4-26-19(15-10-6-5-9-13(15)2)24-25-21(26)28-14(3)18-22-17-12-8-7-11-16(17)20(27)23-18/h5-12,14H,4H2,1-3H3,(H,22,23,27)/t14-/m0/s1. The highest BCUT2D eigenvalue weighted by atomic mass is 32.2. The van der Waals surface area contributed by atoms with E-state index in [1.807, 2.05) is 37.3 Å². The van der Waals surface area contributed by atoms with Crippen LogP contribution in [-0.2, 0) is 6.54 Å². The fraction of sp³-hybridized carbons (Fsp3) is 0.238. The predicted octanol–water partition coefficient (Wildman–Crippen LogP) is 4.36. The van der Waals surface area contributed by atoms with Gasteiger partial charge in [0.05, 0.1) is 16.2 Å². The molecule has 4 rings (SSSR count). The van der Waals surface area contributed by atoms with Crippen LogP contribution in [0.5, 0.6) is 0 Å². The lowest BCUT2D eigenvalue weighted by atomic mass is 10.1. The van der Waals surface area contributed by atoms with Gasteiger partial charge in [-0.25, -0.2) is 4.98 Å². The number of fused-ring (bicyclic) bond motifs is 1. The molecular weight excluding hydrogens is 370 g/mol. The van der Waals surface area contributed by atoms with Gasteiger partial charge in [-0.3, -0.25) is 4.79 Å². The third kappa shape index (κ3) is 3.33. The van der Waals surface area contributed by atoms with Crippen molar-refractivity contribution in [2.75, 3.05) is 0 Å². The molecule has 0 amide bonds. The first-order valence-corrected chi connectivity index (χ1v) is 10.1. The van der Waals surface area contributed by atoms with Crippen molar-refractivity contribution in [3.05, 3.63) is 70.3 Å². The Labute approximate surface area is 167 Å². The summed E-state index contributed by atoms with van der Waals surface area (Å²) in [4.78, 5) is 19.9. The lowest BCUT2D eigenvalue weighted by Gasteiger charge is -2.13. The Bertz CT molecular complexity index is 1200. The number of rotatable bonds is 5. The lowest BCUT2D eigenvalue weighted by molar-refractivity contribution is 0.684. The first-order valence-electron chi connectivity index (χ1n) is 9.23. The zero-order valence-electron chi connectivity index (χ0n) is 16.0. The lowest BCUT2D eigenvalue weighted by Crippen LogP contribution is -2.13. The highest BCUT2D eigenvalue weighted by Crippen LogP contribution is 2.34. The van der Waals surface area contributed by atoms with Crippen LogP contribution in [0.25, 0.3) is 22.3 Å². The molecule has 0 radical (unpaired) electrons. The van der Waals surface area contributed by atoms with Crippen LogP contribution in [-0.4, -0.2) is 24.7 Å². The number of hydrogen-bond acceptors (Lipinski definition) is 5. The molecule has 28 heavy (non-hydrogen) atoms. The van der Waals surface area contributed by atoms with Crippen LogP contribution in [0.3, 0.4) is 0 Å². The molecule has 0 fully saturated rings. The quantitative estimate of drug-likeness (QED) is 0.512. The number of aryl methyl sites for hydroxylation is 1. The average Bonchev–Trinajstić information content (AvgIpc) is 3.10. The van der Waals surface area contributed by atoms with Gasteiger partial charge in [0.15, 0.2) is 11.0 Å². The van der Waals surface area contributed by atoms with Gasteiger partial charge in [0, 0.05) is 12.1 Å². The molecule has 0 saturated heterocycles. The van der Waals surface area contributed by atoms with Crippen molar-refractivity contribution in [1.29, 1.82) is 0 Å². The average molecular weight is 392 g/mol. The van der Waals surface area contributed by atoms with E-state index in [-0.39, 0.29) is 10.8 Å². The van der Waals surface area contributed by atoms with E-state index in [1.165, 1.54) is 0 Å². The SMILES string of the molecule is CCn1c(S[C@@H](C)c2nc3ccccc3c(=O)[nH]2)nnc1-c1ccccc1C. The molecule has 2 aromatic heterocycles. The second kappa shape index (κ2) is 7.59. The molecule has 0 bridgehead atoms. The Morgan fingerprint density at radius 1 is 1.11 bits per heavy atom. The fourth-order valence-corrected chi connectivity index (χ4v) is 4.17. The van der Waals surface area contributed by atoms with Gasteiger partial charge in [-0.2, -0.15) is 0 Å². The summed E-state index contributed by atoms with van der Waals surface area (Å²) in [5.74, 6) is 1.49. The van der Waals surface area contributed by atoms with Crippen LogP contribution in [0.2, 0.25) is 0 Å². The van der Waals surface area contributed by atoms with Crippen LogP contribution in [0.4, 0.5) is 0 Å². The minimum absolute atomic E-state index is 0.0727. The van der Waals surface area contributed by atoms with Gasteiger partial charge in [0.2, 0.25) is 0 Å². The van der Waals surface area contributed by atoms with E-state index < -0.39 is 0 Å². The van der Waals surface area contributed by atoms with Gasteiger partial charge in [0.25, 0.3) is 5.56 Å². The molecule has 0 spiro atoms. The molecule has 1 N–H and O–H groups in total. The molecule has 0 aliphatic heterocycles. The van der Waals surface area contributed by atoms with Crippen molar-refractivity contribution in [2.45, 2.75) is 37.7 Å². The largest absolute Gasteiger partial charge is 0.309 e. The van der Waals surface area contributed by atoms with Gasteiger partial charge in [-0.15, -0.1) is 10.2 Å². The van der Waals surface area contributed by atoms with Crippen molar-refractivity contribution >= 4 is 22.7 Å². The summed E-state index contributed by atoms with van der Waals surface area (Å²) in [7, 11) is 0. The number of nitrogens with one attached hydrogen (secondary N) is 1. The number of thioether (sulfide) groups is 1. The zero-order chi connectivity index (χ0) is 19.7. The Hall–Kier alpha value is -2.93. The van der Waals surface area contributed by atoms with Gasteiger partial charge >= 0.3 is 0 Å². The zero-order valence-corrected chi connectivity index (χ0v) is 16.8. The third-order valence-electron chi connectivity index (χ3n) is 4.72. The van der Waals surface area contributed by atoms with E-state index >= 15 is 0 Å². The number of benzene rings is 2. The van der Waals surface area contributed by atoms with E-state index in [1.54, 1.807) is 17.8 Å². The summed E-state index contributed by atoms with van der Waals surface area (Å²) in [6.45, 7) is 6.92. The summed E-state index contributed by atoms with van der Waals surface area (Å²) >= 11 is 1.54. The number of nitrogens with zero attached hydrogens (tertiary/aromatic N) is 4. The molecule has 0 unspecified atom stereocenters. The molecule has 1 atom stereocenters. The predicted molar refractivity (Wildman–Crippen MR) is 113 cm³/mol. The van der Waals surface area contributed by atoms with E-state index in [2.05, 4.69) is 50.7 Å². The maximum Gasteiger partial charge on any atom is 0.258 e. The summed E-state index contributed by atoms with van der Waals surface area (Å²) < 4.78 is 2.10. The Morgan fingerprint density at radius 2 is 1.86 bits per heavy atom. The van der Waals surface area contributed by atoms with Gasteiger partial charge < -0.3 is 9.55 Å². The second-order valence-electron chi connectivity index (χ2n) is 6.59. The molecule has 0 aliphatic carbocycles. The molecule has 6 nitrogen and oxygen atoms in total. The van der Waals surface area contributed by atoms with E-state index in [0.29, 0.717) is 16.7 Å². The summed E-state index contributed by atoms with van der Waals surface area (Å²) in [5.41, 5.74) is 2.82. The summed E-state index contributed by atoms with van der Waals surface area (Å²) in [6.07, 6.45) is 0. The molecular formula is C21H21N5OS. The van der Waals surface area contributed by atoms with Crippen molar-refractivity contribution in [3.63, 3.8) is 0 Å². The van der Waals surface area contributed by atoms with Crippen LogP contribution >= 0.6 is 11.8 Å². The number of aromatic amines is 1. The van der Waals surface area contributed by atoms with Crippen molar-refractivity contribution < 1.29 is 0 Å².